The van der Waals surface area contributed by atoms with E-state index in [9.17, 15) is 8.42 Å². The number of hydrogen-bond acceptors (Lipinski definition) is 5. The average molecular weight is 332 g/mol. The third-order valence-electron chi connectivity index (χ3n) is 3.01. The maximum atomic E-state index is 12.4. The Bertz CT molecular complexity index is 547. The molecule has 1 rings (SSSR count). The standard InChI is InChI=1S/C14H24N2O3S2/c1-11(7-8-20-4)16-21(17,18)14-6-5-12(10-15-2)9-13(14)19-3/h5-6,9,11,15-16H,7-8,10H2,1-4H3. The van der Waals surface area contributed by atoms with E-state index in [-0.39, 0.29) is 10.9 Å². The molecular weight excluding hydrogens is 308 g/mol. The summed E-state index contributed by atoms with van der Waals surface area (Å²) in [5, 5.41) is 3.03. The normalized spacial score (nSPS) is 13.1. The Morgan fingerprint density at radius 3 is 2.67 bits per heavy atom. The largest absolute Gasteiger partial charge is 0.495 e. The quantitative estimate of drug-likeness (QED) is 0.722. The van der Waals surface area contributed by atoms with Crippen LogP contribution in [0.3, 0.4) is 0 Å². The van der Waals surface area contributed by atoms with Crippen LogP contribution in [0, 0.1) is 0 Å². The van der Waals surface area contributed by atoms with Gasteiger partial charge in [0.1, 0.15) is 10.6 Å². The summed E-state index contributed by atoms with van der Waals surface area (Å²) in [6.07, 6.45) is 2.80. The molecule has 1 aromatic rings. The van der Waals surface area contributed by atoms with Gasteiger partial charge in [0, 0.05) is 12.6 Å². The summed E-state index contributed by atoms with van der Waals surface area (Å²) in [5.41, 5.74) is 0.976. The van der Waals surface area contributed by atoms with E-state index in [1.807, 2.05) is 20.2 Å². The number of nitrogens with one attached hydrogen (secondary N) is 2. The monoisotopic (exact) mass is 332 g/mol. The van der Waals surface area contributed by atoms with E-state index >= 15 is 0 Å². The van der Waals surface area contributed by atoms with Gasteiger partial charge in [-0.05, 0) is 50.1 Å². The zero-order valence-electron chi connectivity index (χ0n) is 13.0. The lowest BCUT2D eigenvalue weighted by atomic mass is 10.2. The minimum Gasteiger partial charge on any atom is -0.495 e. The van der Waals surface area contributed by atoms with Gasteiger partial charge in [-0.2, -0.15) is 11.8 Å². The second kappa shape index (κ2) is 8.63. The summed E-state index contributed by atoms with van der Waals surface area (Å²) in [6.45, 7) is 2.53. The van der Waals surface area contributed by atoms with Gasteiger partial charge in [0.2, 0.25) is 10.0 Å². The molecule has 0 amide bonds. The average Bonchev–Trinajstić information content (AvgIpc) is 2.44. The Kier molecular flexibility index (Phi) is 7.51. The molecule has 0 heterocycles. The Morgan fingerprint density at radius 1 is 1.38 bits per heavy atom. The van der Waals surface area contributed by atoms with Crippen LogP contribution in [0.2, 0.25) is 0 Å². The van der Waals surface area contributed by atoms with Crippen LogP contribution in [0.15, 0.2) is 23.1 Å². The summed E-state index contributed by atoms with van der Waals surface area (Å²) in [6, 6.07) is 5.02. The fourth-order valence-electron chi connectivity index (χ4n) is 1.93. The van der Waals surface area contributed by atoms with Crippen LogP contribution < -0.4 is 14.8 Å². The van der Waals surface area contributed by atoms with Gasteiger partial charge in [0.25, 0.3) is 0 Å². The van der Waals surface area contributed by atoms with Gasteiger partial charge in [-0.3, -0.25) is 0 Å². The van der Waals surface area contributed by atoms with Crippen LogP contribution in [0.5, 0.6) is 5.75 Å². The van der Waals surface area contributed by atoms with Crippen LogP contribution in [0.1, 0.15) is 18.9 Å². The lowest BCUT2D eigenvalue weighted by molar-refractivity contribution is 0.401. The molecule has 0 saturated carbocycles. The lowest BCUT2D eigenvalue weighted by Crippen LogP contribution is -2.33. The second-order valence-electron chi connectivity index (χ2n) is 4.82. The highest BCUT2D eigenvalue weighted by Crippen LogP contribution is 2.25. The van der Waals surface area contributed by atoms with Gasteiger partial charge < -0.3 is 10.1 Å². The Labute approximate surface area is 131 Å². The molecule has 0 aromatic heterocycles. The van der Waals surface area contributed by atoms with Gasteiger partial charge in [-0.15, -0.1) is 0 Å². The molecule has 0 radical (unpaired) electrons. The summed E-state index contributed by atoms with van der Waals surface area (Å²) in [5.74, 6) is 1.29. The number of methoxy groups -OCH3 is 1. The van der Waals surface area contributed by atoms with Gasteiger partial charge in [-0.25, -0.2) is 13.1 Å². The van der Waals surface area contributed by atoms with E-state index in [1.54, 1.807) is 30.0 Å². The topological polar surface area (TPSA) is 67.4 Å². The minimum atomic E-state index is -3.57. The summed E-state index contributed by atoms with van der Waals surface area (Å²) in [4.78, 5) is 0.181. The summed E-state index contributed by atoms with van der Waals surface area (Å²) < 4.78 is 32.8. The molecule has 0 spiro atoms. The maximum Gasteiger partial charge on any atom is 0.244 e. The molecule has 0 aliphatic carbocycles. The minimum absolute atomic E-state index is 0.107. The first kappa shape index (κ1) is 18.3. The van der Waals surface area contributed by atoms with E-state index in [2.05, 4.69) is 10.0 Å². The molecule has 0 aliphatic heterocycles. The molecule has 1 unspecified atom stereocenters. The Morgan fingerprint density at radius 2 is 2.10 bits per heavy atom. The Balaban J connectivity index is 2.96. The van der Waals surface area contributed by atoms with Crippen LogP contribution >= 0.6 is 11.8 Å². The number of ether oxygens (including phenoxy) is 1. The lowest BCUT2D eigenvalue weighted by Gasteiger charge is -2.16. The molecule has 120 valence electrons. The zero-order valence-corrected chi connectivity index (χ0v) is 14.6. The first-order valence-electron chi connectivity index (χ1n) is 6.77. The maximum absolute atomic E-state index is 12.4. The number of hydrogen-bond donors (Lipinski definition) is 2. The van der Waals surface area contributed by atoms with Gasteiger partial charge >= 0.3 is 0 Å². The molecule has 1 atom stereocenters. The Hall–Kier alpha value is -0.760. The number of sulfonamides is 1. The van der Waals surface area contributed by atoms with Crippen LogP contribution in [-0.2, 0) is 16.6 Å². The van der Waals surface area contributed by atoms with Crippen molar-refractivity contribution in [3.63, 3.8) is 0 Å². The predicted octanol–water partition coefficient (Wildman–Crippen LogP) is 1.83. The van der Waals surface area contributed by atoms with E-state index in [1.165, 1.54) is 7.11 Å². The molecule has 0 aliphatic rings. The van der Waals surface area contributed by atoms with Crippen molar-refractivity contribution in [3.05, 3.63) is 23.8 Å². The third kappa shape index (κ3) is 5.50. The van der Waals surface area contributed by atoms with Crippen molar-refractivity contribution in [2.45, 2.75) is 30.8 Å². The van der Waals surface area contributed by atoms with Crippen molar-refractivity contribution >= 4 is 21.8 Å². The van der Waals surface area contributed by atoms with Gasteiger partial charge in [0.05, 0.1) is 7.11 Å². The molecule has 1 aromatic carbocycles. The van der Waals surface area contributed by atoms with Crippen LogP contribution in [0.25, 0.3) is 0 Å². The molecule has 0 fully saturated rings. The van der Waals surface area contributed by atoms with E-state index in [0.29, 0.717) is 12.3 Å². The first-order chi connectivity index (χ1) is 9.94. The highest BCUT2D eigenvalue weighted by Gasteiger charge is 2.21. The van der Waals surface area contributed by atoms with Crippen molar-refractivity contribution in [1.82, 2.24) is 10.0 Å². The van der Waals surface area contributed by atoms with Crippen molar-refractivity contribution in [2.24, 2.45) is 0 Å². The molecular formula is C14H24N2O3S2. The zero-order chi connectivity index (χ0) is 15.9. The van der Waals surface area contributed by atoms with Crippen molar-refractivity contribution < 1.29 is 13.2 Å². The van der Waals surface area contributed by atoms with E-state index in [0.717, 1.165) is 17.7 Å². The van der Waals surface area contributed by atoms with Crippen molar-refractivity contribution in [3.8, 4) is 5.75 Å². The summed E-state index contributed by atoms with van der Waals surface area (Å²) >= 11 is 1.70. The van der Waals surface area contributed by atoms with E-state index < -0.39 is 10.0 Å². The van der Waals surface area contributed by atoms with Crippen LogP contribution in [-0.4, -0.2) is 40.6 Å². The molecule has 0 bridgehead atoms. The molecule has 0 saturated heterocycles. The number of benzene rings is 1. The fourth-order valence-corrected chi connectivity index (χ4v) is 3.95. The van der Waals surface area contributed by atoms with Crippen molar-refractivity contribution in [1.29, 1.82) is 0 Å². The van der Waals surface area contributed by atoms with Gasteiger partial charge in [-0.1, -0.05) is 6.07 Å². The van der Waals surface area contributed by atoms with E-state index in [4.69, 9.17) is 4.74 Å². The number of rotatable bonds is 9. The third-order valence-corrected chi connectivity index (χ3v) is 5.28. The molecule has 7 heteroatoms. The smallest absolute Gasteiger partial charge is 0.244 e. The predicted molar refractivity (Wildman–Crippen MR) is 88.5 cm³/mol. The second-order valence-corrected chi connectivity index (χ2v) is 7.49. The van der Waals surface area contributed by atoms with Crippen molar-refractivity contribution in [2.75, 3.05) is 26.2 Å². The molecule has 21 heavy (non-hydrogen) atoms. The molecule has 2 N–H and O–H groups in total. The first-order valence-corrected chi connectivity index (χ1v) is 9.65. The SMILES string of the molecule is CNCc1ccc(S(=O)(=O)NC(C)CCSC)c(OC)c1. The molecule has 5 nitrogen and oxygen atoms in total. The highest BCUT2D eigenvalue weighted by molar-refractivity contribution is 7.98. The summed E-state index contributed by atoms with van der Waals surface area (Å²) in [7, 11) is -0.249. The van der Waals surface area contributed by atoms with Gasteiger partial charge in [0.15, 0.2) is 0 Å². The van der Waals surface area contributed by atoms with Crippen LogP contribution in [0.4, 0.5) is 0 Å². The highest BCUT2D eigenvalue weighted by atomic mass is 32.2. The fraction of sp³-hybridized carbons (Fsp3) is 0.571. The number of thioether (sulfide) groups is 1.